The average Bonchev–Trinajstić information content (AvgIpc) is 2.98. The van der Waals surface area contributed by atoms with Crippen molar-refractivity contribution in [3.05, 3.63) is 68.6 Å². The van der Waals surface area contributed by atoms with E-state index >= 15 is 0 Å². The monoisotopic (exact) mass is 536 g/mol. The molecule has 3 aromatic carbocycles. The lowest BCUT2D eigenvalue weighted by Gasteiger charge is -2.17. The van der Waals surface area contributed by atoms with E-state index in [0.29, 0.717) is 23.9 Å². The summed E-state index contributed by atoms with van der Waals surface area (Å²) < 4.78 is 9.57. The number of rotatable bonds is 6. The van der Waals surface area contributed by atoms with Crippen LogP contribution in [0.3, 0.4) is 0 Å². The first-order valence-corrected chi connectivity index (χ1v) is 11.0. The van der Waals surface area contributed by atoms with Crippen molar-refractivity contribution in [2.45, 2.75) is 12.6 Å². The molecule has 0 aliphatic rings. The number of aliphatic hydroxyl groups is 1. The molecule has 0 aliphatic heterocycles. The highest BCUT2D eigenvalue weighted by Crippen LogP contribution is 2.33. The molecule has 29 heavy (non-hydrogen) atoms. The number of methoxy groups -OCH3 is 1. The lowest BCUT2D eigenvalue weighted by Crippen LogP contribution is -2.25. The summed E-state index contributed by atoms with van der Waals surface area (Å²) in [5.74, 6) is 0.688. The molecule has 0 radical (unpaired) electrons. The Morgan fingerprint density at radius 1 is 1.00 bits per heavy atom. The Balaban J connectivity index is 1.63. The molecule has 4 nitrogen and oxygen atoms in total. The third-order valence-corrected chi connectivity index (χ3v) is 6.09. The van der Waals surface area contributed by atoms with Gasteiger partial charge in [0.2, 0.25) is 0 Å². The lowest BCUT2D eigenvalue weighted by atomic mass is 10.2. The SMILES string of the molecule is COc1ccc(Cl)cc1NC[C@H](O)Cn1c2ccc(Br)cc2c2cc(Br)ccc21. The summed E-state index contributed by atoms with van der Waals surface area (Å²) in [7, 11) is 1.61. The first-order chi connectivity index (χ1) is 14.0. The van der Waals surface area contributed by atoms with E-state index in [-0.39, 0.29) is 0 Å². The van der Waals surface area contributed by atoms with Gasteiger partial charge < -0.3 is 19.7 Å². The Morgan fingerprint density at radius 2 is 1.62 bits per heavy atom. The van der Waals surface area contributed by atoms with Crippen LogP contribution in [0, 0.1) is 0 Å². The Bertz CT molecular complexity index is 1130. The minimum Gasteiger partial charge on any atom is -0.495 e. The number of fused-ring (bicyclic) bond motifs is 3. The number of hydrogen-bond acceptors (Lipinski definition) is 3. The molecule has 7 heteroatoms. The van der Waals surface area contributed by atoms with Crippen molar-refractivity contribution in [1.29, 1.82) is 0 Å². The fraction of sp³-hybridized carbons (Fsp3) is 0.182. The fourth-order valence-corrected chi connectivity index (χ4v) is 4.46. The number of aromatic nitrogens is 1. The molecule has 0 amide bonds. The van der Waals surface area contributed by atoms with E-state index in [0.717, 1.165) is 36.4 Å². The van der Waals surface area contributed by atoms with Crippen LogP contribution >= 0.6 is 43.5 Å². The van der Waals surface area contributed by atoms with Crippen molar-refractivity contribution in [2.75, 3.05) is 19.0 Å². The van der Waals surface area contributed by atoms with Crippen LogP contribution in [0.5, 0.6) is 5.75 Å². The first kappa shape index (κ1) is 20.5. The molecule has 1 aromatic heterocycles. The molecule has 0 bridgehead atoms. The van der Waals surface area contributed by atoms with E-state index in [9.17, 15) is 5.11 Å². The molecule has 0 saturated carbocycles. The topological polar surface area (TPSA) is 46.4 Å². The normalized spacial score (nSPS) is 12.4. The second-order valence-electron chi connectivity index (χ2n) is 6.81. The number of hydrogen-bond donors (Lipinski definition) is 2. The van der Waals surface area contributed by atoms with E-state index in [1.165, 1.54) is 0 Å². The molecule has 150 valence electrons. The molecule has 2 N–H and O–H groups in total. The number of anilines is 1. The Labute approximate surface area is 190 Å². The minimum atomic E-state index is -0.607. The van der Waals surface area contributed by atoms with Gasteiger partial charge in [0.15, 0.2) is 0 Å². The van der Waals surface area contributed by atoms with E-state index in [1.807, 2.05) is 12.1 Å². The first-order valence-electron chi connectivity index (χ1n) is 9.09. The molecule has 0 fully saturated rings. The summed E-state index contributed by atoms with van der Waals surface area (Å²) in [6.45, 7) is 0.823. The second kappa shape index (κ2) is 8.56. The van der Waals surface area contributed by atoms with Gasteiger partial charge in [-0.25, -0.2) is 0 Å². The van der Waals surface area contributed by atoms with Gasteiger partial charge in [-0.3, -0.25) is 0 Å². The van der Waals surface area contributed by atoms with Gasteiger partial charge in [0.1, 0.15) is 5.75 Å². The Hall–Kier alpha value is -1.73. The van der Waals surface area contributed by atoms with Gasteiger partial charge in [0, 0.05) is 42.3 Å². The number of aliphatic hydroxyl groups excluding tert-OH is 1. The molecule has 0 spiro atoms. The average molecular weight is 539 g/mol. The van der Waals surface area contributed by atoms with Crippen LogP contribution in [0.25, 0.3) is 21.8 Å². The molecule has 0 saturated heterocycles. The predicted octanol–water partition coefficient (Wildman–Crippen LogP) is 6.45. The number of nitrogens with one attached hydrogen (secondary N) is 1. The Kier molecular flexibility index (Phi) is 6.06. The van der Waals surface area contributed by atoms with Crippen LogP contribution in [0.4, 0.5) is 5.69 Å². The van der Waals surface area contributed by atoms with Crippen LogP contribution < -0.4 is 10.1 Å². The predicted molar refractivity (Wildman–Crippen MR) is 127 cm³/mol. The van der Waals surface area contributed by atoms with Gasteiger partial charge in [-0.15, -0.1) is 0 Å². The Morgan fingerprint density at radius 3 is 2.21 bits per heavy atom. The molecule has 0 aliphatic carbocycles. The third-order valence-electron chi connectivity index (χ3n) is 4.87. The highest BCUT2D eigenvalue weighted by Gasteiger charge is 2.15. The highest BCUT2D eigenvalue weighted by atomic mass is 79.9. The molecular formula is C22H19Br2ClN2O2. The van der Waals surface area contributed by atoms with Crippen LogP contribution in [0.15, 0.2) is 63.5 Å². The number of benzene rings is 3. The summed E-state index contributed by atoms with van der Waals surface area (Å²) >= 11 is 13.2. The maximum Gasteiger partial charge on any atom is 0.142 e. The molecule has 0 unspecified atom stereocenters. The van der Waals surface area contributed by atoms with Crippen LogP contribution in [0.1, 0.15) is 0 Å². The summed E-state index contributed by atoms with van der Waals surface area (Å²) in [5, 5.41) is 16.9. The summed E-state index contributed by atoms with van der Waals surface area (Å²) in [4.78, 5) is 0. The molecule has 4 rings (SSSR count). The maximum absolute atomic E-state index is 10.8. The standard InChI is InChI=1S/C22H19Br2ClN2O2/c1-29-22-7-4-15(25)10-19(22)26-11-16(28)12-27-20-5-2-13(23)8-17(20)18-9-14(24)3-6-21(18)27/h2-10,16,26,28H,11-12H2,1H3/t16-/m0/s1. The van der Waals surface area contributed by atoms with Crippen molar-refractivity contribution < 1.29 is 9.84 Å². The zero-order valence-corrected chi connectivity index (χ0v) is 19.6. The summed E-state index contributed by atoms with van der Waals surface area (Å²) in [5.41, 5.74) is 2.93. The number of nitrogens with zero attached hydrogens (tertiary/aromatic N) is 1. The highest BCUT2D eigenvalue weighted by molar-refractivity contribution is 9.10. The fourth-order valence-electron chi connectivity index (χ4n) is 3.57. The van der Waals surface area contributed by atoms with Gasteiger partial charge >= 0.3 is 0 Å². The van der Waals surface area contributed by atoms with Crippen molar-refractivity contribution in [3.8, 4) is 5.75 Å². The smallest absolute Gasteiger partial charge is 0.142 e. The zero-order valence-electron chi connectivity index (χ0n) is 15.6. The van der Waals surface area contributed by atoms with Gasteiger partial charge in [0.25, 0.3) is 0 Å². The molecule has 4 aromatic rings. The third kappa shape index (κ3) is 4.26. The van der Waals surface area contributed by atoms with Gasteiger partial charge in [-0.2, -0.15) is 0 Å². The minimum absolute atomic E-state index is 0.366. The van der Waals surface area contributed by atoms with Gasteiger partial charge in [-0.05, 0) is 54.6 Å². The van der Waals surface area contributed by atoms with E-state index < -0.39 is 6.10 Å². The van der Waals surface area contributed by atoms with Crippen LogP contribution in [-0.4, -0.2) is 29.4 Å². The van der Waals surface area contributed by atoms with Gasteiger partial charge in [-0.1, -0.05) is 43.5 Å². The molecule has 1 atom stereocenters. The van der Waals surface area contributed by atoms with Crippen LogP contribution in [0.2, 0.25) is 5.02 Å². The zero-order chi connectivity index (χ0) is 20.5. The van der Waals surface area contributed by atoms with Crippen molar-refractivity contribution in [3.63, 3.8) is 0 Å². The van der Waals surface area contributed by atoms with E-state index in [1.54, 1.807) is 25.3 Å². The van der Waals surface area contributed by atoms with Crippen molar-refractivity contribution >= 4 is 71.0 Å². The molecular weight excluding hydrogens is 520 g/mol. The number of halogens is 3. The van der Waals surface area contributed by atoms with Crippen LogP contribution in [-0.2, 0) is 6.54 Å². The van der Waals surface area contributed by atoms with E-state index in [4.69, 9.17) is 16.3 Å². The van der Waals surface area contributed by atoms with Crippen molar-refractivity contribution in [1.82, 2.24) is 4.57 Å². The largest absolute Gasteiger partial charge is 0.495 e. The van der Waals surface area contributed by atoms with Gasteiger partial charge in [0.05, 0.1) is 25.4 Å². The number of ether oxygens (including phenoxy) is 1. The van der Waals surface area contributed by atoms with Crippen molar-refractivity contribution in [2.24, 2.45) is 0 Å². The molecule has 1 heterocycles. The summed E-state index contributed by atoms with van der Waals surface area (Å²) in [6, 6.07) is 17.8. The van der Waals surface area contributed by atoms with E-state index in [2.05, 4.69) is 66.0 Å². The quantitative estimate of drug-likeness (QED) is 0.296. The summed E-state index contributed by atoms with van der Waals surface area (Å²) in [6.07, 6.45) is -0.607. The maximum atomic E-state index is 10.8. The second-order valence-corrected chi connectivity index (χ2v) is 9.08. The lowest BCUT2D eigenvalue weighted by molar-refractivity contribution is 0.169.